The molecular weight excluding hydrogens is 444 g/mol. The molecule has 1 aliphatic carbocycles. The van der Waals surface area contributed by atoms with Gasteiger partial charge in [-0.1, -0.05) is 0 Å². The van der Waals surface area contributed by atoms with E-state index < -0.39 is 76.6 Å². The Bertz CT molecular complexity index is 789. The number of rotatable bonds is 7. The van der Waals surface area contributed by atoms with Gasteiger partial charge in [-0.2, -0.15) is 8.42 Å². The first-order valence-corrected chi connectivity index (χ1v) is 10.7. The van der Waals surface area contributed by atoms with E-state index in [1.807, 2.05) is 0 Å². The third-order valence-electron chi connectivity index (χ3n) is 3.74. The lowest BCUT2D eigenvalue weighted by Gasteiger charge is -2.46. The summed E-state index contributed by atoms with van der Waals surface area (Å²) < 4.78 is 54.3. The average molecular weight is 468 g/mol. The number of hydrogen-bond acceptors (Lipinski definition) is 13. The average Bonchev–Trinajstić information content (AvgIpc) is 2.54. The molecule has 0 aromatic rings. The molecule has 1 saturated carbocycles. The van der Waals surface area contributed by atoms with E-state index in [9.17, 15) is 32.4 Å². The topological polar surface area (TPSA) is 175 Å². The molecule has 1 fully saturated rings. The summed E-state index contributed by atoms with van der Waals surface area (Å²) in [5.74, 6) is -4.66. The van der Waals surface area contributed by atoms with E-state index in [0.717, 1.165) is 34.6 Å². The Morgan fingerprint density at radius 3 is 0.839 bits per heavy atom. The van der Waals surface area contributed by atoms with E-state index in [4.69, 9.17) is 27.9 Å². The van der Waals surface area contributed by atoms with Crippen LogP contribution in [0.2, 0.25) is 0 Å². The second kappa shape index (κ2) is 10.5. The normalized spacial score (nSPS) is 28.1. The first-order valence-electron chi connectivity index (χ1n) is 8.86. The molecule has 6 atom stereocenters. The first kappa shape index (κ1) is 26.3. The Hall–Kier alpha value is -2.74. The van der Waals surface area contributed by atoms with E-state index in [1.54, 1.807) is 0 Å². The van der Waals surface area contributed by atoms with Crippen LogP contribution < -0.4 is 0 Å². The molecule has 0 saturated heterocycles. The van der Waals surface area contributed by atoms with Crippen LogP contribution in [-0.4, -0.2) is 81.1 Å². The summed E-state index contributed by atoms with van der Waals surface area (Å²) in [7, 11) is -4.28. The van der Waals surface area contributed by atoms with Gasteiger partial charge in [-0.3, -0.25) is 28.2 Å². The number of carbonyl (C=O) groups excluding carboxylic acids is 5. The molecule has 0 aliphatic heterocycles. The smallest absolute Gasteiger partial charge is 0.303 e. The molecule has 5 unspecified atom stereocenters. The quantitative estimate of drug-likeness (QED) is 0.253. The van der Waals surface area contributed by atoms with E-state index in [-0.39, 0.29) is 0 Å². The zero-order valence-corrected chi connectivity index (χ0v) is 18.5. The van der Waals surface area contributed by atoms with Gasteiger partial charge in [0, 0.05) is 34.6 Å². The number of ether oxygens (including phenoxy) is 5. The van der Waals surface area contributed by atoms with Crippen molar-refractivity contribution < 1.29 is 60.3 Å². The molecule has 0 N–H and O–H groups in total. The second-order valence-corrected chi connectivity index (χ2v) is 8.24. The molecule has 0 bridgehead atoms. The molecule has 0 aromatic heterocycles. The second-order valence-electron chi connectivity index (χ2n) is 6.64. The van der Waals surface area contributed by atoms with Crippen LogP contribution in [-0.2, 0) is 62.0 Å². The van der Waals surface area contributed by atoms with E-state index >= 15 is 0 Å². The SMILES string of the molecule is CC(=O)OC1C(OC(C)=O)C(OC(C)=O)[C@@H](OC(C)=O)C(OC(C)=O)C1OS(C)(=O)=O. The monoisotopic (exact) mass is 468 g/mol. The standard InChI is InChI=1S/C17H24O13S/c1-7(18)25-12-13(26-8(2)19)15(28-10(4)21)17(30-31(6,23)24)16(29-11(5)22)14(12)27-9(3)20/h12-17H,1-6H3/t12?,13-,14?,15?,16?,17?/m1/s1. The highest BCUT2D eigenvalue weighted by atomic mass is 32.2. The van der Waals surface area contributed by atoms with E-state index in [1.165, 1.54) is 0 Å². The zero-order chi connectivity index (χ0) is 24.1. The predicted molar refractivity (Wildman–Crippen MR) is 97.5 cm³/mol. The highest BCUT2D eigenvalue weighted by molar-refractivity contribution is 7.86. The lowest BCUT2D eigenvalue weighted by atomic mass is 9.84. The van der Waals surface area contributed by atoms with Crippen molar-refractivity contribution in [1.29, 1.82) is 0 Å². The summed E-state index contributed by atoms with van der Waals surface area (Å²) in [6.07, 6.45) is -9.58. The van der Waals surface area contributed by atoms with E-state index in [0.29, 0.717) is 6.26 Å². The third kappa shape index (κ3) is 8.13. The Morgan fingerprint density at radius 1 is 0.484 bits per heavy atom. The number of carbonyl (C=O) groups is 5. The van der Waals surface area contributed by atoms with Gasteiger partial charge in [0.2, 0.25) is 0 Å². The summed E-state index contributed by atoms with van der Waals surface area (Å²) >= 11 is 0. The summed E-state index contributed by atoms with van der Waals surface area (Å²) in [5.41, 5.74) is 0. The third-order valence-corrected chi connectivity index (χ3v) is 4.31. The van der Waals surface area contributed by atoms with Crippen molar-refractivity contribution in [2.24, 2.45) is 0 Å². The van der Waals surface area contributed by atoms with Crippen LogP contribution in [0.4, 0.5) is 0 Å². The lowest BCUT2D eigenvalue weighted by Crippen LogP contribution is -2.68. The van der Waals surface area contributed by atoms with Crippen molar-refractivity contribution in [1.82, 2.24) is 0 Å². The van der Waals surface area contributed by atoms with Gasteiger partial charge in [-0.25, -0.2) is 0 Å². The highest BCUT2D eigenvalue weighted by Gasteiger charge is 2.60. The van der Waals surface area contributed by atoms with Gasteiger partial charge in [0.1, 0.15) is 0 Å². The minimum atomic E-state index is -4.28. The molecular formula is C17H24O13S. The summed E-state index contributed by atoms with van der Waals surface area (Å²) in [6.45, 7) is 4.92. The summed E-state index contributed by atoms with van der Waals surface area (Å²) in [6, 6.07) is 0. The zero-order valence-electron chi connectivity index (χ0n) is 17.7. The fraction of sp³-hybridized carbons (Fsp3) is 0.706. The predicted octanol–water partition coefficient (Wildman–Crippen LogP) is -0.997. The highest BCUT2D eigenvalue weighted by Crippen LogP contribution is 2.35. The van der Waals surface area contributed by atoms with E-state index in [2.05, 4.69) is 0 Å². The first-order chi connectivity index (χ1) is 14.1. The minimum Gasteiger partial charge on any atom is -0.455 e. The minimum absolute atomic E-state index is 0.669. The lowest BCUT2D eigenvalue weighted by molar-refractivity contribution is -0.251. The van der Waals surface area contributed by atoms with Crippen molar-refractivity contribution in [3.05, 3.63) is 0 Å². The molecule has 0 aromatic carbocycles. The molecule has 31 heavy (non-hydrogen) atoms. The van der Waals surface area contributed by atoms with Crippen LogP contribution >= 0.6 is 0 Å². The maximum Gasteiger partial charge on any atom is 0.303 e. The van der Waals surface area contributed by atoms with Crippen molar-refractivity contribution >= 4 is 40.0 Å². The Morgan fingerprint density at radius 2 is 0.677 bits per heavy atom. The molecule has 13 nitrogen and oxygen atoms in total. The van der Waals surface area contributed by atoms with Crippen LogP contribution in [0.3, 0.4) is 0 Å². The summed E-state index contributed by atoms with van der Waals surface area (Å²) in [5, 5.41) is 0. The van der Waals surface area contributed by atoms with Crippen molar-refractivity contribution in [3.63, 3.8) is 0 Å². The Labute approximate surface area is 178 Å². The largest absolute Gasteiger partial charge is 0.455 e. The molecule has 1 aliphatic rings. The maximum absolute atomic E-state index is 11.9. The fourth-order valence-electron chi connectivity index (χ4n) is 3.06. The van der Waals surface area contributed by atoms with Crippen LogP contribution in [0.25, 0.3) is 0 Å². The van der Waals surface area contributed by atoms with Crippen LogP contribution in [0.1, 0.15) is 34.6 Å². The van der Waals surface area contributed by atoms with Gasteiger partial charge >= 0.3 is 29.8 Å². The van der Waals surface area contributed by atoms with Gasteiger partial charge in [0.25, 0.3) is 10.1 Å². The van der Waals surface area contributed by atoms with Crippen LogP contribution in [0.5, 0.6) is 0 Å². The summed E-state index contributed by atoms with van der Waals surface area (Å²) in [4.78, 5) is 58.5. The Kier molecular flexibility index (Phi) is 8.93. The molecule has 1 rings (SSSR count). The van der Waals surface area contributed by atoms with Crippen molar-refractivity contribution in [3.8, 4) is 0 Å². The number of hydrogen-bond donors (Lipinski definition) is 0. The molecule has 0 amide bonds. The van der Waals surface area contributed by atoms with Gasteiger partial charge in [-0.15, -0.1) is 0 Å². The van der Waals surface area contributed by atoms with Gasteiger partial charge in [0.05, 0.1) is 6.26 Å². The molecule has 0 radical (unpaired) electrons. The number of esters is 5. The molecule has 0 spiro atoms. The van der Waals surface area contributed by atoms with Crippen molar-refractivity contribution in [2.45, 2.75) is 71.2 Å². The van der Waals surface area contributed by atoms with Gasteiger partial charge in [0.15, 0.2) is 36.6 Å². The molecule has 0 heterocycles. The van der Waals surface area contributed by atoms with Gasteiger partial charge in [-0.05, 0) is 0 Å². The maximum atomic E-state index is 11.9. The Balaban J connectivity index is 3.74. The molecule has 176 valence electrons. The fourth-order valence-corrected chi connectivity index (χ4v) is 3.68. The van der Waals surface area contributed by atoms with Crippen molar-refractivity contribution in [2.75, 3.05) is 6.26 Å². The van der Waals surface area contributed by atoms with Gasteiger partial charge < -0.3 is 23.7 Å². The van der Waals surface area contributed by atoms with Crippen LogP contribution in [0, 0.1) is 0 Å². The molecule has 14 heteroatoms. The van der Waals surface area contributed by atoms with Crippen LogP contribution in [0.15, 0.2) is 0 Å².